The number of halogens is 1. The van der Waals surface area contributed by atoms with Crippen LogP contribution in [-0.4, -0.2) is 36.9 Å². The van der Waals surface area contributed by atoms with E-state index in [4.69, 9.17) is 21.1 Å². The normalized spacial score (nSPS) is 13.1. The van der Waals surface area contributed by atoms with Gasteiger partial charge in [-0.05, 0) is 74.5 Å². The van der Waals surface area contributed by atoms with Gasteiger partial charge in [-0.25, -0.2) is 9.69 Å². The Labute approximate surface area is 224 Å². The van der Waals surface area contributed by atoms with Gasteiger partial charge in [-0.2, -0.15) is 0 Å². The number of imide groups is 1. The Morgan fingerprint density at radius 3 is 2.24 bits per heavy atom. The minimum atomic E-state index is -0.750. The van der Waals surface area contributed by atoms with Crippen LogP contribution >= 0.6 is 11.6 Å². The molecule has 3 aromatic carbocycles. The molecule has 3 amide bonds. The van der Waals surface area contributed by atoms with Gasteiger partial charge in [-0.1, -0.05) is 23.7 Å². The average molecular weight is 534 g/mol. The molecule has 0 aliphatic carbocycles. The van der Waals surface area contributed by atoms with E-state index in [1.54, 1.807) is 42.5 Å². The highest BCUT2D eigenvalue weighted by molar-refractivity contribution is 6.53. The number of rotatable bonds is 8. The monoisotopic (exact) mass is 533 g/mol. The lowest BCUT2D eigenvalue weighted by Gasteiger charge is -2.16. The first-order valence-corrected chi connectivity index (χ1v) is 12.0. The predicted molar refractivity (Wildman–Crippen MR) is 143 cm³/mol. The fraction of sp³-hybridized carbons (Fsp3) is 0.143. The maximum atomic E-state index is 13.1. The molecule has 2 N–H and O–H groups in total. The van der Waals surface area contributed by atoms with Crippen LogP contribution in [0.25, 0.3) is 0 Å². The molecule has 1 aliphatic rings. The summed E-state index contributed by atoms with van der Waals surface area (Å²) < 4.78 is 10.3. The number of hydrogen-bond acceptors (Lipinski definition) is 7. The van der Waals surface area contributed by atoms with Crippen molar-refractivity contribution in [3.63, 3.8) is 0 Å². The highest BCUT2D eigenvalue weighted by Crippen LogP contribution is 2.31. The van der Waals surface area contributed by atoms with Gasteiger partial charge < -0.3 is 20.1 Å². The molecular formula is C28H24ClN3O6. The van der Waals surface area contributed by atoms with Crippen LogP contribution < -0.4 is 20.3 Å². The predicted octanol–water partition coefficient (Wildman–Crippen LogP) is 4.95. The summed E-state index contributed by atoms with van der Waals surface area (Å²) in [5.74, 6) is -1.75. The lowest BCUT2D eigenvalue weighted by Crippen LogP contribution is -2.32. The van der Waals surface area contributed by atoms with Crippen molar-refractivity contribution in [1.82, 2.24) is 0 Å². The number of benzene rings is 3. The minimum Gasteiger partial charge on any atom is -0.491 e. The van der Waals surface area contributed by atoms with Gasteiger partial charge in [-0.3, -0.25) is 14.4 Å². The highest BCUT2D eigenvalue weighted by atomic mass is 35.5. The molecule has 4 rings (SSSR count). The largest absolute Gasteiger partial charge is 0.491 e. The summed E-state index contributed by atoms with van der Waals surface area (Å²) in [7, 11) is 1.23. The Morgan fingerprint density at radius 1 is 0.868 bits per heavy atom. The number of esters is 1. The zero-order chi connectivity index (χ0) is 27.4. The molecule has 38 heavy (non-hydrogen) atoms. The summed E-state index contributed by atoms with van der Waals surface area (Å²) in [5, 5.41) is 5.33. The Balaban J connectivity index is 1.49. The molecule has 0 aromatic heterocycles. The maximum absolute atomic E-state index is 13.1. The van der Waals surface area contributed by atoms with Gasteiger partial charge in [0.15, 0.2) is 0 Å². The summed E-state index contributed by atoms with van der Waals surface area (Å²) in [6.07, 6.45) is 0.0356. The Kier molecular flexibility index (Phi) is 7.78. The Morgan fingerprint density at radius 2 is 1.55 bits per heavy atom. The van der Waals surface area contributed by atoms with E-state index in [0.29, 0.717) is 22.7 Å². The second-order valence-corrected chi connectivity index (χ2v) is 8.91. The van der Waals surface area contributed by atoms with Crippen LogP contribution in [0.4, 0.5) is 17.1 Å². The van der Waals surface area contributed by atoms with E-state index in [2.05, 4.69) is 10.6 Å². The van der Waals surface area contributed by atoms with E-state index >= 15 is 0 Å². The van der Waals surface area contributed by atoms with Crippen molar-refractivity contribution >= 4 is 52.4 Å². The number of carbonyl (C=O) groups excluding carboxylic acids is 4. The Hall–Kier alpha value is -4.63. The number of hydrogen-bond donors (Lipinski definition) is 2. The van der Waals surface area contributed by atoms with Crippen LogP contribution in [0, 0.1) is 0 Å². The summed E-state index contributed by atoms with van der Waals surface area (Å²) in [6, 6.07) is 19.3. The van der Waals surface area contributed by atoms with Gasteiger partial charge >= 0.3 is 5.97 Å². The molecule has 3 aromatic rings. The molecular weight excluding hydrogens is 510 g/mol. The molecule has 0 bridgehead atoms. The first kappa shape index (κ1) is 26.4. The summed E-state index contributed by atoms with van der Waals surface area (Å²) in [5.41, 5.74) is 1.45. The van der Waals surface area contributed by atoms with E-state index in [9.17, 15) is 19.2 Å². The molecule has 9 nitrogen and oxygen atoms in total. The van der Waals surface area contributed by atoms with Crippen LogP contribution in [0.2, 0.25) is 0 Å². The van der Waals surface area contributed by atoms with Crippen LogP contribution in [0.1, 0.15) is 34.6 Å². The second kappa shape index (κ2) is 11.2. The standard InChI is InChI=1S/C28H24ClN3O6/c1-16(2)38-22-12-10-19(11-13-22)31-25(33)17-6-4-8-20(14-17)30-24-23(29)26(34)32(27(24)35)21-9-5-7-18(15-21)28(36)37-3/h4-16,30H,1-3H3,(H,31,33). The first-order chi connectivity index (χ1) is 18.2. The average Bonchev–Trinajstić information content (AvgIpc) is 3.12. The number of ether oxygens (including phenoxy) is 2. The van der Waals surface area contributed by atoms with Crippen LogP contribution in [0.15, 0.2) is 83.5 Å². The molecule has 0 fully saturated rings. The van der Waals surface area contributed by atoms with Gasteiger partial charge in [0.1, 0.15) is 16.5 Å². The van der Waals surface area contributed by atoms with Gasteiger partial charge in [-0.15, -0.1) is 0 Å². The quantitative estimate of drug-likeness (QED) is 0.311. The first-order valence-electron chi connectivity index (χ1n) is 11.6. The van der Waals surface area contributed by atoms with Crippen molar-refractivity contribution in [2.75, 3.05) is 22.6 Å². The van der Waals surface area contributed by atoms with Crippen molar-refractivity contribution in [3.8, 4) is 5.75 Å². The number of amides is 3. The van der Waals surface area contributed by atoms with Crippen molar-refractivity contribution in [2.24, 2.45) is 0 Å². The summed E-state index contributed by atoms with van der Waals surface area (Å²) in [4.78, 5) is 51.5. The second-order valence-electron chi connectivity index (χ2n) is 8.53. The van der Waals surface area contributed by atoms with Crippen LogP contribution in [0.3, 0.4) is 0 Å². The fourth-order valence-electron chi connectivity index (χ4n) is 3.71. The topological polar surface area (TPSA) is 114 Å². The molecule has 10 heteroatoms. The molecule has 0 saturated heterocycles. The molecule has 0 saturated carbocycles. The fourth-order valence-corrected chi connectivity index (χ4v) is 3.92. The molecule has 0 radical (unpaired) electrons. The third-order valence-corrected chi connectivity index (χ3v) is 5.78. The number of anilines is 3. The van der Waals surface area contributed by atoms with Crippen molar-refractivity contribution in [2.45, 2.75) is 20.0 Å². The third kappa shape index (κ3) is 5.68. The van der Waals surface area contributed by atoms with Gasteiger partial charge in [0, 0.05) is 16.9 Å². The lowest BCUT2D eigenvalue weighted by molar-refractivity contribution is -0.120. The summed E-state index contributed by atoms with van der Waals surface area (Å²) >= 11 is 6.23. The molecule has 0 atom stereocenters. The number of nitrogens with zero attached hydrogens (tertiary/aromatic N) is 1. The van der Waals surface area contributed by atoms with E-state index in [1.807, 2.05) is 13.8 Å². The van der Waals surface area contributed by atoms with E-state index in [0.717, 1.165) is 4.90 Å². The zero-order valence-corrected chi connectivity index (χ0v) is 21.5. The number of methoxy groups -OCH3 is 1. The molecule has 194 valence electrons. The Bertz CT molecular complexity index is 1450. The smallest absolute Gasteiger partial charge is 0.337 e. The molecule has 0 spiro atoms. The zero-order valence-electron chi connectivity index (χ0n) is 20.8. The van der Waals surface area contributed by atoms with E-state index in [-0.39, 0.29) is 34.0 Å². The van der Waals surface area contributed by atoms with Crippen LogP contribution in [0.5, 0.6) is 5.75 Å². The van der Waals surface area contributed by atoms with E-state index in [1.165, 1.54) is 37.4 Å². The van der Waals surface area contributed by atoms with Crippen molar-refractivity contribution < 1.29 is 28.7 Å². The molecule has 0 unspecified atom stereocenters. The highest BCUT2D eigenvalue weighted by Gasteiger charge is 2.39. The third-order valence-electron chi connectivity index (χ3n) is 5.43. The lowest BCUT2D eigenvalue weighted by atomic mass is 10.1. The minimum absolute atomic E-state index is 0.0356. The summed E-state index contributed by atoms with van der Waals surface area (Å²) in [6.45, 7) is 3.85. The van der Waals surface area contributed by atoms with Gasteiger partial charge in [0.25, 0.3) is 17.7 Å². The molecule has 1 heterocycles. The van der Waals surface area contributed by atoms with E-state index < -0.39 is 17.8 Å². The van der Waals surface area contributed by atoms with Gasteiger partial charge in [0.05, 0.1) is 24.5 Å². The van der Waals surface area contributed by atoms with Crippen LogP contribution in [-0.2, 0) is 14.3 Å². The SMILES string of the molecule is COC(=O)c1cccc(N2C(=O)C(Cl)=C(Nc3cccc(C(=O)Nc4ccc(OC(C)C)cc4)c3)C2=O)c1. The number of carbonyl (C=O) groups is 4. The van der Waals surface area contributed by atoms with Crippen molar-refractivity contribution in [1.29, 1.82) is 0 Å². The maximum Gasteiger partial charge on any atom is 0.337 e. The van der Waals surface area contributed by atoms with Gasteiger partial charge in [0.2, 0.25) is 0 Å². The van der Waals surface area contributed by atoms with Crippen molar-refractivity contribution in [3.05, 3.63) is 94.7 Å². The molecule has 1 aliphatic heterocycles. The number of nitrogens with one attached hydrogen (secondary N) is 2.